The van der Waals surface area contributed by atoms with Gasteiger partial charge in [-0.2, -0.15) is 5.26 Å². The van der Waals surface area contributed by atoms with Gasteiger partial charge in [-0.3, -0.25) is 4.90 Å². The van der Waals surface area contributed by atoms with Crippen molar-refractivity contribution >= 4 is 16.5 Å². The first-order chi connectivity index (χ1) is 15.4. The van der Waals surface area contributed by atoms with Crippen LogP contribution in [0, 0.1) is 11.3 Å². The van der Waals surface area contributed by atoms with E-state index in [9.17, 15) is 5.26 Å². The molecule has 1 aromatic carbocycles. The van der Waals surface area contributed by atoms with Crippen LogP contribution >= 0.6 is 0 Å². The van der Waals surface area contributed by atoms with Crippen molar-refractivity contribution in [2.75, 3.05) is 26.7 Å². The number of likely N-dealkylation sites (N-methyl/N-ethyl adjacent to an activating group) is 1. The molecule has 0 unspecified atom stereocenters. The number of nitrogens with one attached hydrogen (secondary N) is 2. The molecule has 1 aromatic heterocycles. The number of aromatic nitrogens is 1. The summed E-state index contributed by atoms with van der Waals surface area (Å²) in [6.45, 7) is 16.3. The molecule has 4 rings (SSSR count). The number of rotatable bonds is 9. The smallest absolute Gasteiger partial charge is 0.0992 e. The maximum absolute atomic E-state index is 9.30. The Hall–Kier alpha value is -2.87. The van der Waals surface area contributed by atoms with Crippen LogP contribution < -0.4 is 5.32 Å². The maximum atomic E-state index is 9.30. The van der Waals surface area contributed by atoms with E-state index in [2.05, 4.69) is 60.4 Å². The zero-order valence-electron chi connectivity index (χ0n) is 19.6. The quantitative estimate of drug-likeness (QED) is 0.560. The highest BCUT2D eigenvalue weighted by atomic mass is 15.2. The number of hydrogen-bond donors (Lipinski definition) is 2. The number of fused-ring (bicyclic) bond motifs is 3. The minimum absolute atomic E-state index is 0.226. The van der Waals surface area contributed by atoms with Crippen LogP contribution in [0.15, 0.2) is 60.7 Å². The summed E-state index contributed by atoms with van der Waals surface area (Å²) in [4.78, 5) is 6.19. The summed E-state index contributed by atoms with van der Waals surface area (Å²) >= 11 is 0. The van der Waals surface area contributed by atoms with Crippen molar-refractivity contribution in [2.24, 2.45) is 0 Å². The van der Waals surface area contributed by atoms with Gasteiger partial charge in [-0.05, 0) is 55.2 Å². The number of benzene rings is 1. The van der Waals surface area contributed by atoms with Gasteiger partial charge in [0.15, 0.2) is 0 Å². The average molecular weight is 427 g/mol. The first kappa shape index (κ1) is 22.3. The summed E-state index contributed by atoms with van der Waals surface area (Å²) in [5.41, 5.74) is 7.10. The topological polar surface area (TPSA) is 54.8 Å². The molecular formula is C28H34N4. The Bertz CT molecular complexity index is 1150. The molecule has 0 amide bonds. The van der Waals surface area contributed by atoms with Gasteiger partial charge < -0.3 is 10.3 Å². The Balaban J connectivity index is 1.63. The van der Waals surface area contributed by atoms with Gasteiger partial charge in [-0.15, -0.1) is 0 Å². The van der Waals surface area contributed by atoms with E-state index < -0.39 is 0 Å². The zero-order valence-corrected chi connectivity index (χ0v) is 19.6. The molecule has 0 atom stereocenters. The Kier molecular flexibility index (Phi) is 6.24. The van der Waals surface area contributed by atoms with Crippen LogP contribution in [0.3, 0.4) is 0 Å². The second kappa shape index (κ2) is 8.94. The Morgan fingerprint density at radius 3 is 2.75 bits per heavy atom. The van der Waals surface area contributed by atoms with E-state index >= 15 is 0 Å². The molecule has 2 aliphatic carbocycles. The van der Waals surface area contributed by atoms with Gasteiger partial charge in [0, 0.05) is 53.3 Å². The lowest BCUT2D eigenvalue weighted by Crippen LogP contribution is -2.33. The molecule has 4 heteroatoms. The molecule has 4 nitrogen and oxygen atoms in total. The maximum Gasteiger partial charge on any atom is 0.0992 e. The van der Waals surface area contributed by atoms with Crippen LogP contribution in [-0.2, 0) is 5.41 Å². The van der Waals surface area contributed by atoms with Gasteiger partial charge >= 0.3 is 0 Å². The number of nitrogens with zero attached hydrogens (tertiary/aromatic N) is 2. The average Bonchev–Trinajstić information content (AvgIpc) is 3.55. The van der Waals surface area contributed by atoms with E-state index in [1.807, 2.05) is 31.3 Å². The summed E-state index contributed by atoms with van der Waals surface area (Å²) in [7, 11) is 2.02. The van der Waals surface area contributed by atoms with E-state index in [0.29, 0.717) is 5.56 Å². The third kappa shape index (κ3) is 3.99. The lowest BCUT2D eigenvalue weighted by atomic mass is 9.70. The van der Waals surface area contributed by atoms with Gasteiger partial charge in [0.25, 0.3) is 0 Å². The molecule has 0 saturated heterocycles. The van der Waals surface area contributed by atoms with Crippen molar-refractivity contribution in [1.82, 2.24) is 15.2 Å². The van der Waals surface area contributed by atoms with E-state index in [0.717, 1.165) is 65.4 Å². The highest BCUT2D eigenvalue weighted by Crippen LogP contribution is 2.48. The lowest BCUT2D eigenvalue weighted by molar-refractivity contribution is 0.270. The van der Waals surface area contributed by atoms with Crippen molar-refractivity contribution in [3.05, 3.63) is 77.6 Å². The van der Waals surface area contributed by atoms with Gasteiger partial charge in [-0.25, -0.2) is 0 Å². The number of nitriles is 1. The van der Waals surface area contributed by atoms with Crippen molar-refractivity contribution in [2.45, 2.75) is 44.6 Å². The molecule has 1 saturated carbocycles. The summed E-state index contributed by atoms with van der Waals surface area (Å²) in [6.07, 6.45) is 10.2. The van der Waals surface area contributed by atoms with Crippen molar-refractivity contribution < 1.29 is 0 Å². The van der Waals surface area contributed by atoms with E-state index in [4.69, 9.17) is 0 Å². The van der Waals surface area contributed by atoms with Crippen LogP contribution in [-0.4, -0.2) is 42.6 Å². The molecule has 1 heterocycles. The molecule has 0 aliphatic heterocycles. The van der Waals surface area contributed by atoms with Crippen LogP contribution in [0.1, 0.15) is 49.9 Å². The van der Waals surface area contributed by atoms with E-state index in [1.165, 1.54) is 18.4 Å². The number of allylic oxidation sites excluding steroid dienone is 5. The molecule has 0 bridgehead atoms. The molecule has 2 N–H and O–H groups in total. The highest BCUT2D eigenvalue weighted by molar-refractivity contribution is 6.01. The predicted octanol–water partition coefficient (Wildman–Crippen LogP) is 5.46. The van der Waals surface area contributed by atoms with Gasteiger partial charge in [0.05, 0.1) is 11.6 Å². The highest BCUT2D eigenvalue weighted by Gasteiger charge is 2.37. The minimum atomic E-state index is -0.226. The molecule has 166 valence electrons. The lowest BCUT2D eigenvalue weighted by Gasteiger charge is -2.34. The van der Waals surface area contributed by atoms with Gasteiger partial charge in [-0.1, -0.05) is 51.3 Å². The third-order valence-corrected chi connectivity index (χ3v) is 6.93. The van der Waals surface area contributed by atoms with Crippen LogP contribution in [0.4, 0.5) is 0 Å². The van der Waals surface area contributed by atoms with Crippen molar-refractivity contribution in [1.29, 1.82) is 5.26 Å². The SMILES string of the molecule is C=CC1=C(/C=C\CCN(CCNC)C2CC2)C(=C)c2c([nH]c3cc(C#N)ccc23)C1(C)C. The van der Waals surface area contributed by atoms with E-state index in [-0.39, 0.29) is 5.41 Å². The number of hydrogen-bond acceptors (Lipinski definition) is 3. The summed E-state index contributed by atoms with van der Waals surface area (Å²) in [5, 5.41) is 13.7. The largest absolute Gasteiger partial charge is 0.357 e. The summed E-state index contributed by atoms with van der Waals surface area (Å²) in [6, 6.07) is 8.87. The molecule has 32 heavy (non-hydrogen) atoms. The van der Waals surface area contributed by atoms with Crippen LogP contribution in [0.5, 0.6) is 0 Å². The third-order valence-electron chi connectivity index (χ3n) is 6.93. The van der Waals surface area contributed by atoms with Crippen molar-refractivity contribution in [3.8, 4) is 6.07 Å². The monoisotopic (exact) mass is 426 g/mol. The predicted molar refractivity (Wildman–Crippen MR) is 135 cm³/mol. The Labute approximate surface area is 192 Å². The molecule has 2 aromatic rings. The summed E-state index contributed by atoms with van der Waals surface area (Å²) < 4.78 is 0. The first-order valence-corrected chi connectivity index (χ1v) is 11.6. The fourth-order valence-corrected chi connectivity index (χ4v) is 4.99. The molecule has 0 spiro atoms. The zero-order chi connectivity index (χ0) is 22.9. The fraction of sp³-hybridized carbons (Fsp3) is 0.393. The normalized spacial score (nSPS) is 17.9. The molecular weight excluding hydrogens is 392 g/mol. The Morgan fingerprint density at radius 2 is 2.09 bits per heavy atom. The molecule has 1 fully saturated rings. The van der Waals surface area contributed by atoms with Gasteiger partial charge in [0.2, 0.25) is 0 Å². The van der Waals surface area contributed by atoms with E-state index in [1.54, 1.807) is 0 Å². The first-order valence-electron chi connectivity index (χ1n) is 11.6. The Morgan fingerprint density at radius 1 is 1.31 bits per heavy atom. The fourth-order valence-electron chi connectivity index (χ4n) is 4.99. The number of aromatic amines is 1. The second-order valence-corrected chi connectivity index (χ2v) is 9.44. The van der Waals surface area contributed by atoms with Crippen molar-refractivity contribution in [3.63, 3.8) is 0 Å². The minimum Gasteiger partial charge on any atom is -0.357 e. The second-order valence-electron chi connectivity index (χ2n) is 9.44. The summed E-state index contributed by atoms with van der Waals surface area (Å²) in [5.74, 6) is 0. The molecule has 2 aliphatic rings. The molecule has 0 radical (unpaired) electrons. The van der Waals surface area contributed by atoms with Crippen LogP contribution in [0.2, 0.25) is 0 Å². The van der Waals surface area contributed by atoms with Crippen LogP contribution in [0.25, 0.3) is 16.5 Å². The standard InChI is InChI=1S/C28H34N4/c1-6-24-22(9-7-8-15-32(16-14-30-5)21-11-12-21)19(2)26-23-13-10-20(18-29)17-25(23)31-27(26)28(24,3)4/h6-7,9-10,13,17,21,30-31H,1-2,8,11-12,14-16H2,3-5H3/b9-7-. The van der Waals surface area contributed by atoms with Gasteiger partial charge in [0.1, 0.15) is 0 Å². The number of H-pyrrole nitrogens is 1.